The summed E-state index contributed by atoms with van der Waals surface area (Å²) in [6.07, 6.45) is 1.53. The Morgan fingerprint density at radius 3 is 2.08 bits per heavy atom. The summed E-state index contributed by atoms with van der Waals surface area (Å²) in [4.78, 5) is 19.8. The molecule has 1 amide bonds. The van der Waals surface area contributed by atoms with E-state index < -0.39 is 0 Å². The molecule has 0 spiro atoms. The molecule has 0 aliphatic carbocycles. The predicted molar refractivity (Wildman–Crippen MR) is 136 cm³/mol. The van der Waals surface area contributed by atoms with Gasteiger partial charge in [-0.15, -0.1) is 0 Å². The van der Waals surface area contributed by atoms with Crippen molar-refractivity contribution in [3.63, 3.8) is 0 Å². The number of carbonyl (C=O) groups is 1. The minimum Gasteiger partial charge on any atom is -0.493 e. The van der Waals surface area contributed by atoms with E-state index in [0.717, 1.165) is 24.0 Å². The summed E-state index contributed by atoms with van der Waals surface area (Å²) in [6.45, 7) is 1.24. The van der Waals surface area contributed by atoms with Crippen molar-refractivity contribution < 1.29 is 18.8 Å². The third-order valence-electron chi connectivity index (χ3n) is 6.74. The fraction of sp³-hybridized carbons (Fsp3) is 0.276. The first kappa shape index (κ1) is 23.6. The summed E-state index contributed by atoms with van der Waals surface area (Å²) in [5, 5.41) is 4.39. The number of methoxy groups -OCH3 is 2. The molecule has 36 heavy (non-hydrogen) atoms. The van der Waals surface area contributed by atoms with E-state index in [1.165, 1.54) is 0 Å². The molecule has 0 atom stereocenters. The minimum absolute atomic E-state index is 0.0196. The van der Waals surface area contributed by atoms with Crippen LogP contribution < -0.4 is 9.47 Å². The molecular formula is C29H29N3O4. The van der Waals surface area contributed by atoms with Gasteiger partial charge in [0.1, 0.15) is 0 Å². The Bertz CT molecular complexity index is 1260. The molecule has 7 nitrogen and oxygen atoms in total. The number of ether oxygens (including phenoxy) is 2. The first-order valence-corrected chi connectivity index (χ1v) is 12.1. The van der Waals surface area contributed by atoms with Crippen LogP contribution in [0.25, 0.3) is 0 Å². The molecule has 0 N–H and O–H groups in total. The van der Waals surface area contributed by atoms with E-state index in [2.05, 4.69) is 29.4 Å². The fourth-order valence-electron chi connectivity index (χ4n) is 4.79. The van der Waals surface area contributed by atoms with Gasteiger partial charge in [0.15, 0.2) is 17.3 Å². The van der Waals surface area contributed by atoms with E-state index in [4.69, 9.17) is 19.0 Å². The van der Waals surface area contributed by atoms with Crippen LogP contribution in [0.15, 0.2) is 83.4 Å². The Balaban J connectivity index is 1.30. The molecule has 1 fully saturated rings. The van der Waals surface area contributed by atoms with Gasteiger partial charge >= 0.3 is 0 Å². The van der Waals surface area contributed by atoms with Crippen molar-refractivity contribution in [2.75, 3.05) is 27.3 Å². The van der Waals surface area contributed by atoms with Crippen LogP contribution in [-0.4, -0.2) is 48.3 Å². The molecule has 1 aliphatic heterocycles. The zero-order valence-electron chi connectivity index (χ0n) is 20.5. The molecule has 0 unspecified atom stereocenters. The van der Waals surface area contributed by atoms with Gasteiger partial charge in [-0.2, -0.15) is 4.98 Å². The van der Waals surface area contributed by atoms with Crippen LogP contribution in [-0.2, 0) is 0 Å². The van der Waals surface area contributed by atoms with E-state index in [9.17, 15) is 4.79 Å². The first-order chi connectivity index (χ1) is 17.7. The van der Waals surface area contributed by atoms with Gasteiger partial charge in [0.2, 0.25) is 5.89 Å². The first-order valence-electron chi connectivity index (χ1n) is 12.1. The summed E-state index contributed by atoms with van der Waals surface area (Å²) in [6, 6.07) is 25.7. The topological polar surface area (TPSA) is 77.7 Å². The molecule has 0 radical (unpaired) electrons. The number of piperidine rings is 1. The van der Waals surface area contributed by atoms with Crippen molar-refractivity contribution in [2.24, 2.45) is 0 Å². The van der Waals surface area contributed by atoms with E-state index in [1.807, 2.05) is 41.3 Å². The average molecular weight is 484 g/mol. The molecule has 7 heteroatoms. The highest BCUT2D eigenvalue weighted by atomic mass is 16.5. The van der Waals surface area contributed by atoms with Gasteiger partial charge in [-0.3, -0.25) is 4.79 Å². The summed E-state index contributed by atoms with van der Waals surface area (Å²) < 4.78 is 16.4. The van der Waals surface area contributed by atoms with Crippen molar-refractivity contribution in [2.45, 2.75) is 24.7 Å². The van der Waals surface area contributed by atoms with Crippen LogP contribution in [0.2, 0.25) is 0 Å². The zero-order valence-corrected chi connectivity index (χ0v) is 20.5. The lowest BCUT2D eigenvalue weighted by Crippen LogP contribution is -2.38. The van der Waals surface area contributed by atoms with Crippen molar-refractivity contribution >= 4 is 5.91 Å². The number of nitrogens with zero attached hydrogens (tertiary/aromatic N) is 3. The molecule has 0 saturated carbocycles. The molecule has 5 rings (SSSR count). The second-order valence-electron chi connectivity index (χ2n) is 8.88. The Hall–Kier alpha value is -4.13. The van der Waals surface area contributed by atoms with Crippen molar-refractivity contribution in [3.05, 3.63) is 107 Å². The molecule has 2 heterocycles. The number of carbonyl (C=O) groups excluding carboxylic acids is 1. The highest BCUT2D eigenvalue weighted by Crippen LogP contribution is 2.34. The van der Waals surface area contributed by atoms with E-state index in [0.29, 0.717) is 41.9 Å². The average Bonchev–Trinajstić information content (AvgIpc) is 3.43. The summed E-state index contributed by atoms with van der Waals surface area (Å²) in [5.41, 5.74) is 2.82. The van der Waals surface area contributed by atoms with E-state index in [1.54, 1.807) is 32.4 Å². The normalized spacial score (nSPS) is 14.1. The number of benzene rings is 3. The Morgan fingerprint density at radius 2 is 1.50 bits per heavy atom. The number of amides is 1. The van der Waals surface area contributed by atoms with E-state index >= 15 is 0 Å². The molecule has 1 aromatic heterocycles. The highest BCUT2D eigenvalue weighted by Gasteiger charge is 2.30. The lowest BCUT2D eigenvalue weighted by molar-refractivity contribution is 0.0704. The number of rotatable bonds is 7. The van der Waals surface area contributed by atoms with Gasteiger partial charge < -0.3 is 18.9 Å². The van der Waals surface area contributed by atoms with Gasteiger partial charge in [-0.1, -0.05) is 65.8 Å². The smallest absolute Gasteiger partial charge is 0.253 e. The third kappa shape index (κ3) is 4.82. The number of hydrogen-bond donors (Lipinski definition) is 0. The molecular weight excluding hydrogens is 454 g/mol. The van der Waals surface area contributed by atoms with Gasteiger partial charge in [-0.05, 0) is 42.2 Å². The van der Waals surface area contributed by atoms with Crippen LogP contribution in [0.1, 0.15) is 57.9 Å². The Morgan fingerprint density at radius 1 is 0.889 bits per heavy atom. The maximum Gasteiger partial charge on any atom is 0.253 e. The van der Waals surface area contributed by atoms with Crippen LogP contribution in [0.3, 0.4) is 0 Å². The third-order valence-corrected chi connectivity index (χ3v) is 6.74. The molecule has 4 aromatic rings. The quantitative estimate of drug-likeness (QED) is 0.356. The van der Waals surface area contributed by atoms with Crippen LogP contribution in [0.4, 0.5) is 0 Å². The second-order valence-corrected chi connectivity index (χ2v) is 8.88. The van der Waals surface area contributed by atoms with Gasteiger partial charge in [0, 0.05) is 24.6 Å². The van der Waals surface area contributed by atoms with Crippen molar-refractivity contribution in [1.82, 2.24) is 15.0 Å². The SMILES string of the molecule is COc1ccc(C(=O)N2CCC(c3nc(C(c4ccccc4)c4ccccc4)no3)CC2)cc1OC. The predicted octanol–water partition coefficient (Wildman–Crippen LogP) is 5.29. The van der Waals surface area contributed by atoms with Crippen molar-refractivity contribution in [3.8, 4) is 11.5 Å². The fourth-order valence-corrected chi connectivity index (χ4v) is 4.79. The Labute approximate surface area is 210 Å². The lowest BCUT2D eigenvalue weighted by Gasteiger charge is -2.30. The van der Waals surface area contributed by atoms with Gasteiger partial charge in [-0.25, -0.2) is 0 Å². The minimum atomic E-state index is -0.100. The number of hydrogen-bond acceptors (Lipinski definition) is 6. The molecule has 1 aliphatic rings. The van der Waals surface area contributed by atoms with E-state index in [-0.39, 0.29) is 17.7 Å². The van der Waals surface area contributed by atoms with Crippen LogP contribution in [0, 0.1) is 0 Å². The largest absolute Gasteiger partial charge is 0.493 e. The molecule has 184 valence electrons. The zero-order chi connectivity index (χ0) is 24.9. The Kier molecular flexibility index (Phi) is 6.98. The molecule has 0 bridgehead atoms. The number of likely N-dealkylation sites (tertiary alicyclic amines) is 1. The number of aromatic nitrogens is 2. The molecule has 1 saturated heterocycles. The van der Waals surface area contributed by atoms with Crippen LogP contribution >= 0.6 is 0 Å². The van der Waals surface area contributed by atoms with Gasteiger partial charge in [0.05, 0.1) is 20.1 Å². The van der Waals surface area contributed by atoms with Crippen molar-refractivity contribution in [1.29, 1.82) is 0 Å². The molecule has 3 aromatic carbocycles. The summed E-state index contributed by atoms with van der Waals surface area (Å²) in [5.74, 6) is 2.44. The summed E-state index contributed by atoms with van der Waals surface area (Å²) >= 11 is 0. The van der Waals surface area contributed by atoms with Crippen LogP contribution in [0.5, 0.6) is 11.5 Å². The second kappa shape index (κ2) is 10.6. The maximum atomic E-state index is 13.1. The lowest BCUT2D eigenvalue weighted by atomic mass is 9.90. The monoisotopic (exact) mass is 483 g/mol. The maximum absolute atomic E-state index is 13.1. The summed E-state index contributed by atoms with van der Waals surface area (Å²) in [7, 11) is 3.14. The standard InChI is InChI=1S/C29H29N3O4/c1-34-24-14-13-23(19-25(24)35-2)29(33)32-17-15-22(16-18-32)28-30-27(31-36-28)26(20-9-5-3-6-10-20)21-11-7-4-8-12-21/h3-14,19,22,26H,15-18H2,1-2H3. The van der Waals surface area contributed by atoms with Gasteiger partial charge in [0.25, 0.3) is 5.91 Å². The highest BCUT2D eigenvalue weighted by molar-refractivity contribution is 5.95.